The number of hydrogen-bond acceptors (Lipinski definition) is 5. The highest BCUT2D eigenvalue weighted by Gasteiger charge is 2.45. The van der Waals surface area contributed by atoms with E-state index in [0.29, 0.717) is 5.56 Å². The van der Waals surface area contributed by atoms with Gasteiger partial charge in [-0.15, -0.1) is 0 Å². The summed E-state index contributed by atoms with van der Waals surface area (Å²) in [5, 5.41) is 19.1. The van der Waals surface area contributed by atoms with Crippen LogP contribution in [0.5, 0.6) is 0 Å². The third-order valence-electron chi connectivity index (χ3n) is 2.45. The molecule has 0 bridgehead atoms. The van der Waals surface area contributed by atoms with Gasteiger partial charge in [0.2, 0.25) is 0 Å². The third-order valence-corrected chi connectivity index (χ3v) is 2.45. The van der Waals surface area contributed by atoms with Crippen LogP contribution in [0.25, 0.3) is 6.08 Å². The van der Waals surface area contributed by atoms with E-state index in [4.69, 9.17) is 0 Å². The molecule has 1 saturated heterocycles. The van der Waals surface area contributed by atoms with Gasteiger partial charge in [0.15, 0.2) is 12.0 Å². The van der Waals surface area contributed by atoms with Crippen LogP contribution in [0.15, 0.2) is 36.1 Å². The van der Waals surface area contributed by atoms with E-state index in [1.54, 1.807) is 30.3 Å². The zero-order valence-corrected chi connectivity index (χ0v) is 8.74. The number of aliphatic hydroxyl groups is 2. The van der Waals surface area contributed by atoms with E-state index >= 15 is 0 Å². The zero-order chi connectivity index (χ0) is 12.4. The van der Waals surface area contributed by atoms with E-state index in [2.05, 4.69) is 4.74 Å². The van der Waals surface area contributed by atoms with Gasteiger partial charge in [0.1, 0.15) is 5.76 Å². The summed E-state index contributed by atoms with van der Waals surface area (Å²) >= 11 is 0. The number of aliphatic hydroxyl groups excluding tert-OH is 2. The fraction of sp³-hybridized carbons (Fsp3) is 0.167. The highest BCUT2D eigenvalue weighted by atomic mass is 16.6. The summed E-state index contributed by atoms with van der Waals surface area (Å²) in [6.45, 7) is 0. The van der Waals surface area contributed by atoms with Gasteiger partial charge in [-0.1, -0.05) is 30.3 Å². The fourth-order valence-corrected chi connectivity index (χ4v) is 1.58. The van der Waals surface area contributed by atoms with E-state index in [1.165, 1.54) is 6.08 Å². The molecule has 2 rings (SSSR count). The van der Waals surface area contributed by atoms with Gasteiger partial charge in [-0.25, -0.2) is 4.79 Å². The Morgan fingerprint density at radius 3 is 2.35 bits per heavy atom. The predicted octanol–water partition coefficient (Wildman–Crippen LogP) is 0.646. The zero-order valence-electron chi connectivity index (χ0n) is 8.74. The van der Waals surface area contributed by atoms with Crippen molar-refractivity contribution in [2.75, 3.05) is 0 Å². The molecule has 17 heavy (non-hydrogen) atoms. The lowest BCUT2D eigenvalue weighted by Gasteiger charge is -2.07. The first-order valence-corrected chi connectivity index (χ1v) is 4.99. The SMILES string of the molecule is O=C1OC(=O)C(C(O)=Cc2ccccc2)C1O. The Morgan fingerprint density at radius 2 is 1.82 bits per heavy atom. The smallest absolute Gasteiger partial charge is 0.344 e. The molecule has 1 aromatic carbocycles. The maximum Gasteiger partial charge on any atom is 0.344 e. The molecule has 5 heteroatoms. The van der Waals surface area contributed by atoms with Crippen molar-refractivity contribution in [2.45, 2.75) is 6.10 Å². The normalized spacial score (nSPS) is 24.9. The molecule has 5 nitrogen and oxygen atoms in total. The second-order valence-electron chi connectivity index (χ2n) is 3.64. The highest BCUT2D eigenvalue weighted by molar-refractivity contribution is 5.99. The van der Waals surface area contributed by atoms with Gasteiger partial charge in [0.05, 0.1) is 0 Å². The summed E-state index contributed by atoms with van der Waals surface area (Å²) in [6, 6.07) is 8.74. The van der Waals surface area contributed by atoms with Crippen LogP contribution in [0.3, 0.4) is 0 Å². The first kappa shape index (κ1) is 11.3. The van der Waals surface area contributed by atoms with Gasteiger partial charge in [-0.2, -0.15) is 0 Å². The Morgan fingerprint density at radius 1 is 1.18 bits per heavy atom. The van der Waals surface area contributed by atoms with E-state index < -0.39 is 24.0 Å². The predicted molar refractivity (Wildman–Crippen MR) is 57.6 cm³/mol. The van der Waals surface area contributed by atoms with Crippen molar-refractivity contribution in [3.05, 3.63) is 41.7 Å². The van der Waals surface area contributed by atoms with Crippen molar-refractivity contribution >= 4 is 18.0 Å². The molecule has 0 spiro atoms. The van der Waals surface area contributed by atoms with Crippen molar-refractivity contribution in [1.29, 1.82) is 0 Å². The van der Waals surface area contributed by atoms with Gasteiger partial charge in [-0.05, 0) is 11.6 Å². The summed E-state index contributed by atoms with van der Waals surface area (Å²) in [4.78, 5) is 22.1. The van der Waals surface area contributed by atoms with Crippen LogP contribution in [0.1, 0.15) is 5.56 Å². The molecular formula is C12H10O5. The molecule has 2 atom stereocenters. The number of benzene rings is 1. The molecule has 1 aliphatic rings. The molecule has 1 aromatic rings. The Labute approximate surface area is 97.0 Å². The lowest BCUT2D eigenvalue weighted by atomic mass is 10.0. The second-order valence-corrected chi connectivity index (χ2v) is 3.64. The Bertz CT molecular complexity index is 477. The van der Waals surface area contributed by atoms with Crippen LogP contribution in [0, 0.1) is 5.92 Å². The monoisotopic (exact) mass is 234 g/mol. The van der Waals surface area contributed by atoms with Gasteiger partial charge in [-0.3, -0.25) is 4.79 Å². The molecule has 0 saturated carbocycles. The van der Waals surface area contributed by atoms with Crippen molar-refractivity contribution < 1.29 is 24.5 Å². The molecule has 0 aromatic heterocycles. The molecule has 2 unspecified atom stereocenters. The average Bonchev–Trinajstić information content (AvgIpc) is 2.54. The molecule has 1 fully saturated rings. The van der Waals surface area contributed by atoms with Crippen molar-refractivity contribution in [3.8, 4) is 0 Å². The van der Waals surface area contributed by atoms with E-state index in [1.807, 2.05) is 0 Å². The summed E-state index contributed by atoms with van der Waals surface area (Å²) in [5.74, 6) is -3.69. The maximum atomic E-state index is 11.2. The number of carbonyl (C=O) groups is 2. The summed E-state index contributed by atoms with van der Waals surface area (Å²) in [7, 11) is 0. The van der Waals surface area contributed by atoms with E-state index in [0.717, 1.165) is 0 Å². The quantitative estimate of drug-likeness (QED) is 0.446. The Kier molecular flexibility index (Phi) is 2.93. The second kappa shape index (κ2) is 4.39. The van der Waals surface area contributed by atoms with Crippen molar-refractivity contribution in [1.82, 2.24) is 0 Å². The van der Waals surface area contributed by atoms with Crippen LogP contribution in [0.4, 0.5) is 0 Å². The van der Waals surface area contributed by atoms with E-state index in [9.17, 15) is 19.8 Å². The number of ether oxygens (including phenoxy) is 1. The minimum atomic E-state index is -1.64. The number of rotatable bonds is 2. The van der Waals surface area contributed by atoms with Crippen molar-refractivity contribution in [2.24, 2.45) is 5.92 Å². The van der Waals surface area contributed by atoms with Gasteiger partial charge in [0, 0.05) is 0 Å². The van der Waals surface area contributed by atoms with Crippen LogP contribution in [0.2, 0.25) is 0 Å². The average molecular weight is 234 g/mol. The molecule has 88 valence electrons. The lowest BCUT2D eigenvalue weighted by molar-refractivity contribution is -0.154. The van der Waals surface area contributed by atoms with Gasteiger partial charge in [0.25, 0.3) is 0 Å². The minimum absolute atomic E-state index is 0.389. The molecule has 1 heterocycles. The van der Waals surface area contributed by atoms with Crippen LogP contribution < -0.4 is 0 Å². The van der Waals surface area contributed by atoms with Crippen LogP contribution in [-0.4, -0.2) is 28.3 Å². The van der Waals surface area contributed by atoms with Gasteiger partial charge < -0.3 is 14.9 Å². The third kappa shape index (κ3) is 2.19. The summed E-state index contributed by atoms with van der Waals surface area (Å²) in [5.41, 5.74) is 0.657. The largest absolute Gasteiger partial charge is 0.511 e. The number of cyclic esters (lactones) is 2. The summed E-state index contributed by atoms with van der Waals surface area (Å²) < 4.78 is 4.22. The van der Waals surface area contributed by atoms with Crippen molar-refractivity contribution in [3.63, 3.8) is 0 Å². The standard InChI is InChI=1S/C12H10O5/c13-8(6-7-4-2-1-3-5-7)9-10(14)12(16)17-11(9)15/h1-6,9-10,13-14H. The minimum Gasteiger partial charge on any atom is -0.511 e. The van der Waals surface area contributed by atoms with Gasteiger partial charge >= 0.3 is 11.9 Å². The van der Waals surface area contributed by atoms with Crippen LogP contribution in [-0.2, 0) is 14.3 Å². The van der Waals surface area contributed by atoms with E-state index in [-0.39, 0.29) is 5.76 Å². The molecule has 0 radical (unpaired) electrons. The summed E-state index contributed by atoms with van der Waals surface area (Å²) in [6.07, 6.45) is -0.323. The Balaban J connectivity index is 2.26. The lowest BCUT2D eigenvalue weighted by Crippen LogP contribution is -2.24. The number of carbonyl (C=O) groups excluding carboxylic acids is 2. The first-order valence-electron chi connectivity index (χ1n) is 4.99. The fourth-order valence-electron chi connectivity index (χ4n) is 1.58. The highest BCUT2D eigenvalue weighted by Crippen LogP contribution is 2.24. The van der Waals surface area contributed by atoms with Crippen LogP contribution >= 0.6 is 0 Å². The number of esters is 2. The maximum absolute atomic E-state index is 11.2. The molecule has 0 amide bonds. The first-order chi connectivity index (χ1) is 8.09. The molecule has 2 N–H and O–H groups in total. The molecular weight excluding hydrogens is 224 g/mol. The molecule has 1 aliphatic heterocycles. The number of hydrogen-bond donors (Lipinski definition) is 2. The molecule has 0 aliphatic carbocycles. The topological polar surface area (TPSA) is 83.8 Å². The Hall–Kier alpha value is -2.14.